The van der Waals surface area contributed by atoms with E-state index < -0.39 is 0 Å². The van der Waals surface area contributed by atoms with Crippen LogP contribution in [0.4, 0.5) is 5.69 Å². The number of hydrogen-bond donors (Lipinski definition) is 1. The molecule has 0 amide bonds. The number of nitrogens with one attached hydrogen (secondary N) is 1. The fraction of sp³-hybridized carbons (Fsp3) is 0.538. The molecule has 0 aliphatic carbocycles. The van der Waals surface area contributed by atoms with Gasteiger partial charge in [-0.05, 0) is 26.0 Å². The number of nitro benzene ring substituents is 1. The fourth-order valence-corrected chi connectivity index (χ4v) is 2.48. The van der Waals surface area contributed by atoms with Crippen LogP contribution in [0.25, 0.3) is 0 Å². The summed E-state index contributed by atoms with van der Waals surface area (Å²) in [7, 11) is 2.13. The van der Waals surface area contributed by atoms with Crippen molar-refractivity contribution in [1.29, 1.82) is 0 Å². The molecule has 98 valence electrons. The van der Waals surface area contributed by atoms with Gasteiger partial charge in [-0.15, -0.1) is 0 Å². The van der Waals surface area contributed by atoms with Crippen molar-refractivity contribution in [2.45, 2.75) is 25.4 Å². The summed E-state index contributed by atoms with van der Waals surface area (Å²) in [5.41, 5.74) is 1.30. The van der Waals surface area contributed by atoms with Gasteiger partial charge >= 0.3 is 0 Å². The van der Waals surface area contributed by atoms with Crippen LogP contribution in [-0.2, 0) is 6.42 Å². The molecule has 1 aliphatic heterocycles. The van der Waals surface area contributed by atoms with Gasteiger partial charge in [0, 0.05) is 37.3 Å². The minimum Gasteiger partial charge on any atom is -0.311 e. The quantitative estimate of drug-likeness (QED) is 0.650. The van der Waals surface area contributed by atoms with Gasteiger partial charge in [0.25, 0.3) is 5.69 Å². The first-order valence-electron chi connectivity index (χ1n) is 6.25. The molecule has 5 heteroatoms. The van der Waals surface area contributed by atoms with E-state index in [1.165, 1.54) is 0 Å². The number of nitrogens with zero attached hydrogens (tertiary/aromatic N) is 2. The minimum atomic E-state index is -0.360. The molecule has 2 rings (SSSR count). The number of likely N-dealkylation sites (N-methyl/N-ethyl adjacent to an activating group) is 1. The second kappa shape index (κ2) is 5.46. The van der Waals surface area contributed by atoms with Crippen molar-refractivity contribution in [3.63, 3.8) is 0 Å². The predicted molar refractivity (Wildman–Crippen MR) is 70.7 cm³/mol. The van der Waals surface area contributed by atoms with Crippen LogP contribution in [0, 0.1) is 10.1 Å². The summed E-state index contributed by atoms with van der Waals surface area (Å²) in [5, 5.41) is 14.1. The largest absolute Gasteiger partial charge is 0.311 e. The highest BCUT2D eigenvalue weighted by Crippen LogP contribution is 2.17. The maximum absolute atomic E-state index is 10.6. The highest BCUT2D eigenvalue weighted by molar-refractivity contribution is 5.33. The van der Waals surface area contributed by atoms with E-state index in [9.17, 15) is 10.1 Å². The first-order chi connectivity index (χ1) is 8.58. The average molecular weight is 249 g/mol. The van der Waals surface area contributed by atoms with Gasteiger partial charge in [-0.3, -0.25) is 10.1 Å². The van der Waals surface area contributed by atoms with Crippen LogP contribution in [0.3, 0.4) is 0 Å². The molecule has 0 radical (unpaired) electrons. The molecule has 0 saturated carbocycles. The van der Waals surface area contributed by atoms with Crippen LogP contribution >= 0.6 is 0 Å². The summed E-state index contributed by atoms with van der Waals surface area (Å²) in [4.78, 5) is 12.6. The van der Waals surface area contributed by atoms with E-state index in [1.54, 1.807) is 12.1 Å². The van der Waals surface area contributed by atoms with Crippen molar-refractivity contribution in [2.24, 2.45) is 0 Å². The zero-order valence-electron chi connectivity index (χ0n) is 10.8. The number of piperazine rings is 1. The highest BCUT2D eigenvalue weighted by atomic mass is 16.6. The van der Waals surface area contributed by atoms with Crippen LogP contribution in [0.2, 0.25) is 0 Å². The Balaban J connectivity index is 2.06. The Kier molecular flexibility index (Phi) is 3.93. The molecule has 1 heterocycles. The number of benzene rings is 1. The topological polar surface area (TPSA) is 58.4 Å². The van der Waals surface area contributed by atoms with Crippen molar-refractivity contribution in [2.75, 3.05) is 20.1 Å². The normalized spacial score (nSPS) is 25.0. The molecule has 1 aromatic carbocycles. The maximum atomic E-state index is 10.6. The predicted octanol–water partition coefficient (Wildman–Crippen LogP) is 1.43. The molecule has 0 spiro atoms. The van der Waals surface area contributed by atoms with Gasteiger partial charge in [-0.25, -0.2) is 0 Å². The van der Waals surface area contributed by atoms with Crippen LogP contribution in [0.5, 0.6) is 0 Å². The first kappa shape index (κ1) is 13.0. The Hall–Kier alpha value is -1.46. The van der Waals surface area contributed by atoms with E-state index in [2.05, 4.69) is 24.2 Å². The Morgan fingerprint density at radius 2 is 2.11 bits per heavy atom. The summed E-state index contributed by atoms with van der Waals surface area (Å²) < 4.78 is 0. The molecule has 1 aromatic rings. The van der Waals surface area contributed by atoms with Gasteiger partial charge in [-0.1, -0.05) is 12.1 Å². The first-order valence-corrected chi connectivity index (χ1v) is 6.25. The molecular weight excluding hydrogens is 230 g/mol. The lowest BCUT2D eigenvalue weighted by Crippen LogP contribution is -2.55. The summed E-state index contributed by atoms with van der Waals surface area (Å²) in [6.45, 7) is 4.25. The number of nitro groups is 1. The van der Waals surface area contributed by atoms with Crippen LogP contribution in [0.1, 0.15) is 12.5 Å². The number of hydrogen-bond acceptors (Lipinski definition) is 4. The van der Waals surface area contributed by atoms with Crippen LogP contribution in [0.15, 0.2) is 24.3 Å². The van der Waals surface area contributed by atoms with Crippen molar-refractivity contribution < 1.29 is 4.92 Å². The smallest absolute Gasteiger partial charge is 0.269 e. The molecule has 5 nitrogen and oxygen atoms in total. The summed E-state index contributed by atoms with van der Waals surface area (Å²) in [6, 6.07) is 7.76. The van der Waals surface area contributed by atoms with Gasteiger partial charge < -0.3 is 10.2 Å². The SMILES string of the molecule is CC1NCCN(C)C1Cc1ccc([N+](=O)[O-])cc1. The molecule has 18 heavy (non-hydrogen) atoms. The Labute approximate surface area is 107 Å². The van der Waals surface area contributed by atoms with E-state index >= 15 is 0 Å². The van der Waals surface area contributed by atoms with Gasteiger partial charge in [0.05, 0.1) is 4.92 Å². The van der Waals surface area contributed by atoms with Crippen molar-refractivity contribution in [3.8, 4) is 0 Å². The Morgan fingerprint density at radius 3 is 2.67 bits per heavy atom. The van der Waals surface area contributed by atoms with Gasteiger partial charge in [0.15, 0.2) is 0 Å². The highest BCUT2D eigenvalue weighted by Gasteiger charge is 2.25. The Bertz CT molecular complexity index is 409. The molecule has 0 bridgehead atoms. The summed E-state index contributed by atoms with van der Waals surface area (Å²) in [5.74, 6) is 0. The standard InChI is InChI=1S/C13H19N3O2/c1-10-13(15(2)8-7-14-10)9-11-3-5-12(6-4-11)16(17)18/h3-6,10,13-14H,7-9H2,1-2H3. The third kappa shape index (κ3) is 2.86. The molecule has 1 aliphatic rings. The molecule has 2 unspecified atom stereocenters. The molecule has 1 saturated heterocycles. The van der Waals surface area contributed by atoms with Crippen molar-refractivity contribution >= 4 is 5.69 Å². The maximum Gasteiger partial charge on any atom is 0.269 e. The van der Waals surface area contributed by atoms with Gasteiger partial charge in [-0.2, -0.15) is 0 Å². The van der Waals surface area contributed by atoms with Crippen LogP contribution < -0.4 is 5.32 Å². The number of non-ortho nitro benzene ring substituents is 1. The fourth-order valence-electron chi connectivity index (χ4n) is 2.48. The zero-order chi connectivity index (χ0) is 13.1. The third-order valence-electron chi connectivity index (χ3n) is 3.67. The Morgan fingerprint density at radius 1 is 1.44 bits per heavy atom. The second-order valence-electron chi connectivity index (χ2n) is 4.92. The van der Waals surface area contributed by atoms with Crippen LogP contribution in [-0.4, -0.2) is 42.0 Å². The number of rotatable bonds is 3. The van der Waals surface area contributed by atoms with E-state index in [4.69, 9.17) is 0 Å². The monoisotopic (exact) mass is 249 g/mol. The van der Waals surface area contributed by atoms with Crippen molar-refractivity contribution in [3.05, 3.63) is 39.9 Å². The molecule has 1 fully saturated rings. The van der Waals surface area contributed by atoms with E-state index in [0.29, 0.717) is 12.1 Å². The van der Waals surface area contributed by atoms with E-state index in [1.807, 2.05) is 12.1 Å². The lowest BCUT2D eigenvalue weighted by molar-refractivity contribution is -0.384. The van der Waals surface area contributed by atoms with Gasteiger partial charge in [0.1, 0.15) is 0 Å². The minimum absolute atomic E-state index is 0.155. The summed E-state index contributed by atoms with van der Waals surface area (Å²) >= 11 is 0. The summed E-state index contributed by atoms with van der Waals surface area (Å²) in [6.07, 6.45) is 0.919. The zero-order valence-corrected chi connectivity index (χ0v) is 10.8. The molecule has 1 N–H and O–H groups in total. The molecule has 2 atom stereocenters. The van der Waals surface area contributed by atoms with E-state index in [-0.39, 0.29) is 10.6 Å². The molecular formula is C13H19N3O2. The lowest BCUT2D eigenvalue weighted by atomic mass is 9.97. The molecule has 0 aromatic heterocycles. The van der Waals surface area contributed by atoms with E-state index in [0.717, 1.165) is 25.1 Å². The second-order valence-corrected chi connectivity index (χ2v) is 4.92. The lowest BCUT2D eigenvalue weighted by Gasteiger charge is -2.38. The third-order valence-corrected chi connectivity index (χ3v) is 3.67. The average Bonchev–Trinajstić information content (AvgIpc) is 2.34. The van der Waals surface area contributed by atoms with Crippen molar-refractivity contribution in [1.82, 2.24) is 10.2 Å². The van der Waals surface area contributed by atoms with Gasteiger partial charge in [0.2, 0.25) is 0 Å².